The molecule has 0 bridgehead atoms. The Hall–Kier alpha value is -0.870. The number of nitrogens with zero attached hydrogens (tertiary/aromatic N) is 2. The monoisotopic (exact) mass is 225 g/mol. The number of halogens is 1. The van der Waals surface area contributed by atoms with Gasteiger partial charge in [0.15, 0.2) is 0 Å². The average molecular weight is 226 g/mol. The number of aromatic nitrogens is 2. The van der Waals surface area contributed by atoms with Gasteiger partial charge in [0, 0.05) is 12.7 Å². The summed E-state index contributed by atoms with van der Waals surface area (Å²) < 4.78 is 2.95. The van der Waals surface area contributed by atoms with Crippen LogP contribution in [0, 0.1) is 0 Å². The van der Waals surface area contributed by atoms with Crippen molar-refractivity contribution < 1.29 is 0 Å². The highest BCUT2D eigenvalue weighted by Crippen LogP contribution is 2.13. The van der Waals surface area contributed by atoms with Crippen LogP contribution in [0.2, 0.25) is 0 Å². The molecule has 0 saturated heterocycles. The number of fused-ring (bicyclic) bond motifs is 1. The minimum absolute atomic E-state index is 0.480. The Morgan fingerprint density at radius 2 is 2.33 bits per heavy atom. The Bertz CT molecular complexity index is 408. The third-order valence-corrected chi connectivity index (χ3v) is 2.35. The van der Waals surface area contributed by atoms with Gasteiger partial charge in [-0.25, -0.2) is 4.98 Å². The van der Waals surface area contributed by atoms with E-state index in [2.05, 4.69) is 20.9 Å². The molecule has 0 spiro atoms. The molecule has 0 aliphatic heterocycles. The zero-order valence-corrected chi connectivity index (χ0v) is 7.95. The number of rotatable bonds is 1. The van der Waals surface area contributed by atoms with E-state index in [1.54, 1.807) is 0 Å². The van der Waals surface area contributed by atoms with E-state index in [-0.39, 0.29) is 0 Å². The van der Waals surface area contributed by atoms with Crippen LogP contribution in [0.1, 0.15) is 5.69 Å². The summed E-state index contributed by atoms with van der Waals surface area (Å²) in [6, 6.07) is 5.87. The Balaban J connectivity index is 2.74. The molecule has 0 fully saturated rings. The normalized spacial score (nSPS) is 10.8. The van der Waals surface area contributed by atoms with Crippen molar-refractivity contribution in [2.75, 3.05) is 0 Å². The van der Waals surface area contributed by atoms with Gasteiger partial charge in [-0.15, -0.1) is 0 Å². The van der Waals surface area contributed by atoms with Gasteiger partial charge in [0.05, 0.1) is 10.3 Å². The van der Waals surface area contributed by atoms with Crippen LogP contribution in [0.5, 0.6) is 0 Å². The first-order valence-electron chi connectivity index (χ1n) is 3.64. The Morgan fingerprint density at radius 1 is 1.50 bits per heavy atom. The predicted molar refractivity (Wildman–Crippen MR) is 50.8 cm³/mol. The fourth-order valence-corrected chi connectivity index (χ4v) is 1.56. The Labute approximate surface area is 78.3 Å². The lowest BCUT2D eigenvalue weighted by atomic mass is 10.5. The molecule has 2 aromatic heterocycles. The van der Waals surface area contributed by atoms with Gasteiger partial charge in [0.2, 0.25) is 0 Å². The van der Waals surface area contributed by atoms with Crippen molar-refractivity contribution in [2.45, 2.75) is 6.54 Å². The van der Waals surface area contributed by atoms with Gasteiger partial charge in [-0.1, -0.05) is 6.07 Å². The topological polar surface area (TPSA) is 43.3 Å². The molecule has 2 N–H and O–H groups in total. The minimum Gasteiger partial charge on any atom is -0.325 e. The van der Waals surface area contributed by atoms with E-state index >= 15 is 0 Å². The fourth-order valence-electron chi connectivity index (χ4n) is 1.13. The summed E-state index contributed by atoms with van der Waals surface area (Å²) in [6.07, 6.45) is 1.93. The highest BCUT2D eigenvalue weighted by atomic mass is 79.9. The summed E-state index contributed by atoms with van der Waals surface area (Å²) in [5, 5.41) is 0. The lowest BCUT2D eigenvalue weighted by molar-refractivity contribution is 1.01. The molecule has 2 aromatic rings. The van der Waals surface area contributed by atoms with Crippen molar-refractivity contribution in [2.24, 2.45) is 5.73 Å². The zero-order chi connectivity index (χ0) is 8.55. The van der Waals surface area contributed by atoms with Crippen molar-refractivity contribution in [3.05, 3.63) is 34.7 Å². The van der Waals surface area contributed by atoms with Crippen LogP contribution >= 0.6 is 15.9 Å². The van der Waals surface area contributed by atoms with Crippen molar-refractivity contribution in [3.8, 4) is 0 Å². The molecule has 3 nitrogen and oxygen atoms in total. The summed E-state index contributed by atoms with van der Waals surface area (Å²) in [7, 11) is 0. The standard InChI is InChI=1S/C8H8BrN3/c9-7-2-1-3-8-11-6(4-10)5-12(7)8/h1-3,5H,4,10H2. The lowest BCUT2D eigenvalue weighted by Gasteiger charge is -1.93. The van der Waals surface area contributed by atoms with Crippen molar-refractivity contribution in [1.29, 1.82) is 0 Å². The second-order valence-electron chi connectivity index (χ2n) is 2.51. The first-order chi connectivity index (χ1) is 5.81. The summed E-state index contributed by atoms with van der Waals surface area (Å²) in [5.74, 6) is 0. The SMILES string of the molecule is NCc1cn2c(Br)cccc2n1. The van der Waals surface area contributed by atoms with E-state index < -0.39 is 0 Å². The number of pyridine rings is 1. The molecule has 4 heteroatoms. The van der Waals surface area contributed by atoms with Crippen molar-refractivity contribution >= 4 is 21.6 Å². The lowest BCUT2D eigenvalue weighted by Crippen LogP contribution is -1.95. The first kappa shape index (κ1) is 7.76. The molecule has 2 rings (SSSR count). The van der Waals surface area contributed by atoms with Gasteiger partial charge in [-0.3, -0.25) is 4.40 Å². The fraction of sp³-hybridized carbons (Fsp3) is 0.125. The molecule has 0 aromatic carbocycles. The Kier molecular flexibility index (Phi) is 1.86. The number of imidazole rings is 1. The summed E-state index contributed by atoms with van der Waals surface area (Å²) in [6.45, 7) is 0.480. The van der Waals surface area contributed by atoms with E-state index in [0.717, 1.165) is 15.9 Å². The summed E-state index contributed by atoms with van der Waals surface area (Å²) >= 11 is 3.42. The van der Waals surface area contributed by atoms with Crippen LogP contribution in [0.4, 0.5) is 0 Å². The highest BCUT2D eigenvalue weighted by molar-refractivity contribution is 9.10. The van der Waals surface area contributed by atoms with Gasteiger partial charge in [0.25, 0.3) is 0 Å². The maximum Gasteiger partial charge on any atom is 0.137 e. The largest absolute Gasteiger partial charge is 0.325 e. The Morgan fingerprint density at radius 3 is 3.00 bits per heavy atom. The quantitative estimate of drug-likeness (QED) is 0.749. The first-order valence-corrected chi connectivity index (χ1v) is 4.43. The van der Waals surface area contributed by atoms with E-state index in [0.29, 0.717) is 6.54 Å². The highest BCUT2D eigenvalue weighted by Gasteiger charge is 2.00. The predicted octanol–water partition coefficient (Wildman–Crippen LogP) is 1.56. The van der Waals surface area contributed by atoms with Crippen molar-refractivity contribution in [1.82, 2.24) is 9.38 Å². The van der Waals surface area contributed by atoms with Gasteiger partial charge in [0.1, 0.15) is 5.65 Å². The molecular weight excluding hydrogens is 218 g/mol. The van der Waals surface area contributed by atoms with Gasteiger partial charge < -0.3 is 5.73 Å². The molecule has 0 aliphatic carbocycles. The third kappa shape index (κ3) is 1.13. The van der Waals surface area contributed by atoms with E-state index in [1.165, 1.54) is 0 Å². The average Bonchev–Trinajstić information content (AvgIpc) is 2.49. The molecule has 0 atom stereocenters. The molecule has 0 radical (unpaired) electrons. The number of nitrogens with two attached hydrogens (primary N) is 1. The van der Waals surface area contributed by atoms with Crippen molar-refractivity contribution in [3.63, 3.8) is 0 Å². The molecule has 0 amide bonds. The molecule has 2 heterocycles. The summed E-state index contributed by atoms with van der Waals surface area (Å²) in [4.78, 5) is 4.30. The minimum atomic E-state index is 0.480. The van der Waals surface area contributed by atoms with E-state index in [1.807, 2.05) is 28.8 Å². The van der Waals surface area contributed by atoms with Crippen LogP contribution in [0.3, 0.4) is 0 Å². The van der Waals surface area contributed by atoms with Crippen LogP contribution < -0.4 is 5.73 Å². The van der Waals surface area contributed by atoms with Gasteiger partial charge in [-0.05, 0) is 28.1 Å². The van der Waals surface area contributed by atoms with Crippen LogP contribution in [0.25, 0.3) is 5.65 Å². The van der Waals surface area contributed by atoms with Crippen LogP contribution in [-0.2, 0) is 6.54 Å². The van der Waals surface area contributed by atoms with E-state index in [4.69, 9.17) is 5.73 Å². The molecule has 0 saturated carbocycles. The third-order valence-electron chi connectivity index (χ3n) is 1.70. The number of hydrogen-bond donors (Lipinski definition) is 1. The second kappa shape index (κ2) is 2.88. The van der Waals surface area contributed by atoms with Crippen LogP contribution in [-0.4, -0.2) is 9.38 Å². The number of hydrogen-bond acceptors (Lipinski definition) is 2. The molecule has 0 aliphatic rings. The summed E-state index contributed by atoms with van der Waals surface area (Å²) in [5.41, 5.74) is 7.30. The second-order valence-corrected chi connectivity index (χ2v) is 3.33. The van der Waals surface area contributed by atoms with Gasteiger partial charge >= 0.3 is 0 Å². The molecule has 12 heavy (non-hydrogen) atoms. The molecule has 0 unspecified atom stereocenters. The maximum atomic E-state index is 5.47. The molecule has 62 valence electrons. The maximum absolute atomic E-state index is 5.47. The smallest absolute Gasteiger partial charge is 0.137 e. The van der Waals surface area contributed by atoms with Gasteiger partial charge in [-0.2, -0.15) is 0 Å². The van der Waals surface area contributed by atoms with E-state index in [9.17, 15) is 0 Å². The van der Waals surface area contributed by atoms with Crippen LogP contribution in [0.15, 0.2) is 29.0 Å². The zero-order valence-electron chi connectivity index (χ0n) is 6.37. The molecular formula is C8H8BrN3.